The average molecular weight is 318 g/mol. The van der Waals surface area contributed by atoms with Crippen LogP contribution in [0.3, 0.4) is 0 Å². The molecule has 0 aromatic heterocycles. The third-order valence-corrected chi connectivity index (χ3v) is 3.06. The Morgan fingerprint density at radius 1 is 0.652 bits per heavy atom. The Bertz CT molecular complexity index is 482. The molecule has 2 aromatic carbocycles. The maximum Gasteiger partial charge on any atom is 0.275 e. The molecule has 23 heavy (non-hydrogen) atoms. The second kappa shape index (κ2) is 10.1. The van der Waals surface area contributed by atoms with Crippen LogP contribution in [0.2, 0.25) is 0 Å². The average Bonchev–Trinajstić information content (AvgIpc) is 2.63. The zero-order valence-electron chi connectivity index (χ0n) is 13.4. The molecule has 0 aliphatic carbocycles. The molecule has 2 atom stereocenters. The monoisotopic (exact) mass is 318 g/mol. The van der Waals surface area contributed by atoms with E-state index in [9.17, 15) is 0 Å². The van der Waals surface area contributed by atoms with Gasteiger partial charge in [0.05, 0.1) is 13.2 Å². The molecule has 0 bridgehead atoms. The molecule has 0 spiro atoms. The summed E-state index contributed by atoms with van der Waals surface area (Å²) in [5.74, 6) is 0. The first-order valence-electron chi connectivity index (χ1n) is 7.34. The quantitative estimate of drug-likeness (QED) is 0.629. The smallest absolute Gasteiger partial charge is 0.275 e. The number of methoxy groups -OCH3 is 2. The van der Waals surface area contributed by atoms with E-state index in [1.807, 2.05) is 60.7 Å². The number of rotatable bonds is 10. The molecule has 124 valence electrons. The largest absolute Gasteiger partial charge is 0.333 e. The number of hydrogen-bond acceptors (Lipinski definition) is 5. The van der Waals surface area contributed by atoms with Gasteiger partial charge in [-0.25, -0.2) is 0 Å². The fourth-order valence-electron chi connectivity index (χ4n) is 1.89. The minimum atomic E-state index is -0.879. The van der Waals surface area contributed by atoms with Crippen LogP contribution in [0.5, 0.6) is 0 Å². The Morgan fingerprint density at radius 3 is 1.39 bits per heavy atom. The topological polar surface area (TPSA) is 46.2 Å². The lowest BCUT2D eigenvalue weighted by Crippen LogP contribution is -2.29. The van der Waals surface area contributed by atoms with Crippen molar-refractivity contribution >= 4 is 0 Å². The molecule has 2 unspecified atom stereocenters. The van der Waals surface area contributed by atoms with Crippen LogP contribution >= 0.6 is 0 Å². The molecule has 2 rings (SSSR count). The zero-order valence-corrected chi connectivity index (χ0v) is 13.4. The van der Waals surface area contributed by atoms with Gasteiger partial charge in [0.1, 0.15) is 0 Å². The van der Waals surface area contributed by atoms with E-state index in [1.54, 1.807) is 0 Å². The van der Waals surface area contributed by atoms with Crippen molar-refractivity contribution in [2.45, 2.75) is 26.2 Å². The van der Waals surface area contributed by atoms with Gasteiger partial charge in [0.2, 0.25) is 0 Å². The maximum absolute atomic E-state index is 5.56. The highest BCUT2D eigenvalue weighted by molar-refractivity contribution is 5.14. The fraction of sp³-hybridized carbons (Fsp3) is 0.333. The lowest BCUT2D eigenvalue weighted by molar-refractivity contribution is -0.393. The van der Waals surface area contributed by atoms with Crippen molar-refractivity contribution in [2.24, 2.45) is 0 Å². The molecule has 2 aromatic rings. The van der Waals surface area contributed by atoms with E-state index >= 15 is 0 Å². The predicted molar refractivity (Wildman–Crippen MR) is 85.1 cm³/mol. The van der Waals surface area contributed by atoms with E-state index in [-0.39, 0.29) is 0 Å². The lowest BCUT2D eigenvalue weighted by Gasteiger charge is -2.22. The van der Waals surface area contributed by atoms with E-state index in [2.05, 4.69) is 0 Å². The first-order valence-corrected chi connectivity index (χ1v) is 7.34. The lowest BCUT2D eigenvalue weighted by atomic mass is 10.2. The summed E-state index contributed by atoms with van der Waals surface area (Å²) in [6.45, 7) is -1.02. The number of hydrogen-bond donors (Lipinski definition) is 0. The van der Waals surface area contributed by atoms with Gasteiger partial charge in [-0.15, -0.1) is 0 Å². The summed E-state index contributed by atoms with van der Waals surface area (Å²) in [6, 6.07) is 19.5. The second-order valence-electron chi connectivity index (χ2n) is 4.78. The molecule has 0 N–H and O–H groups in total. The Balaban J connectivity index is 1.78. The van der Waals surface area contributed by atoms with Crippen LogP contribution in [-0.2, 0) is 36.9 Å². The molecule has 0 aliphatic rings. The van der Waals surface area contributed by atoms with Crippen LogP contribution in [0.25, 0.3) is 0 Å². The van der Waals surface area contributed by atoms with Crippen LogP contribution in [0.1, 0.15) is 11.1 Å². The van der Waals surface area contributed by atoms with E-state index in [4.69, 9.17) is 23.7 Å². The summed E-state index contributed by atoms with van der Waals surface area (Å²) >= 11 is 0. The molecule has 0 aliphatic heterocycles. The molecule has 5 heteroatoms. The van der Waals surface area contributed by atoms with Crippen molar-refractivity contribution in [1.29, 1.82) is 0 Å². The normalized spacial score (nSPS) is 13.7. The van der Waals surface area contributed by atoms with Gasteiger partial charge < -0.3 is 18.9 Å². The van der Waals surface area contributed by atoms with E-state index in [0.29, 0.717) is 13.2 Å². The van der Waals surface area contributed by atoms with Gasteiger partial charge >= 0.3 is 0 Å². The summed E-state index contributed by atoms with van der Waals surface area (Å²) in [7, 11) is 3.00. The highest BCUT2D eigenvalue weighted by atomic mass is 16.9. The van der Waals surface area contributed by atoms with Gasteiger partial charge in [0.25, 0.3) is 13.0 Å². The minimum absolute atomic E-state index is 0.370. The SMILES string of the molecule is COC(OCc1ccccc1)OC(OC)OCc1ccccc1. The first kappa shape index (κ1) is 17.6. The fourth-order valence-corrected chi connectivity index (χ4v) is 1.89. The number of benzene rings is 2. The number of ether oxygens (including phenoxy) is 5. The predicted octanol–water partition coefficient (Wildman–Crippen LogP) is 3.30. The summed E-state index contributed by atoms with van der Waals surface area (Å²) in [5, 5.41) is 0. The van der Waals surface area contributed by atoms with E-state index in [0.717, 1.165) is 11.1 Å². The van der Waals surface area contributed by atoms with Crippen LogP contribution in [0, 0.1) is 0 Å². The Hall–Kier alpha value is -1.76. The van der Waals surface area contributed by atoms with Gasteiger partial charge in [-0.1, -0.05) is 60.7 Å². The summed E-state index contributed by atoms with van der Waals surface area (Å²) in [5.41, 5.74) is 2.05. The molecule has 0 saturated heterocycles. The van der Waals surface area contributed by atoms with Crippen LogP contribution in [0.15, 0.2) is 60.7 Å². The van der Waals surface area contributed by atoms with Crippen molar-refractivity contribution in [3.8, 4) is 0 Å². The molecule has 0 amide bonds. The molecule has 0 saturated carbocycles. The molecule has 0 heterocycles. The van der Waals surface area contributed by atoms with Gasteiger partial charge in [0, 0.05) is 14.2 Å². The second-order valence-corrected chi connectivity index (χ2v) is 4.78. The molecule has 0 radical (unpaired) electrons. The van der Waals surface area contributed by atoms with Gasteiger partial charge in [0.15, 0.2) is 0 Å². The first-order chi connectivity index (χ1) is 11.3. The third-order valence-electron chi connectivity index (χ3n) is 3.06. The highest BCUT2D eigenvalue weighted by Crippen LogP contribution is 2.10. The van der Waals surface area contributed by atoms with Crippen LogP contribution in [-0.4, -0.2) is 27.2 Å². The van der Waals surface area contributed by atoms with Crippen molar-refractivity contribution in [3.63, 3.8) is 0 Å². The Labute approximate surface area is 136 Å². The summed E-state index contributed by atoms with van der Waals surface area (Å²) < 4.78 is 26.9. The Kier molecular flexibility index (Phi) is 7.72. The van der Waals surface area contributed by atoms with Crippen LogP contribution in [0.4, 0.5) is 0 Å². The highest BCUT2D eigenvalue weighted by Gasteiger charge is 2.17. The molecular weight excluding hydrogens is 296 g/mol. The Morgan fingerprint density at radius 2 is 1.04 bits per heavy atom. The van der Waals surface area contributed by atoms with Gasteiger partial charge in [-0.3, -0.25) is 4.74 Å². The molecule has 0 fully saturated rings. The minimum Gasteiger partial charge on any atom is -0.333 e. The molecular formula is C18H22O5. The summed E-state index contributed by atoms with van der Waals surface area (Å²) in [4.78, 5) is 0. The van der Waals surface area contributed by atoms with Crippen molar-refractivity contribution < 1.29 is 23.7 Å². The van der Waals surface area contributed by atoms with Gasteiger partial charge in [-0.2, -0.15) is 0 Å². The van der Waals surface area contributed by atoms with E-state index < -0.39 is 13.0 Å². The maximum atomic E-state index is 5.56. The zero-order chi connectivity index (χ0) is 16.3. The third kappa shape index (κ3) is 6.48. The van der Waals surface area contributed by atoms with Gasteiger partial charge in [-0.05, 0) is 11.1 Å². The van der Waals surface area contributed by atoms with Crippen molar-refractivity contribution in [2.75, 3.05) is 14.2 Å². The molecule has 5 nitrogen and oxygen atoms in total. The standard InChI is InChI=1S/C18H22O5/c1-19-17(21-13-15-9-5-3-6-10-15)23-18(20-2)22-14-16-11-7-4-8-12-16/h3-12,17-18H,13-14H2,1-2H3. The summed E-state index contributed by atoms with van der Waals surface area (Å²) in [6.07, 6.45) is 0. The van der Waals surface area contributed by atoms with E-state index in [1.165, 1.54) is 14.2 Å². The van der Waals surface area contributed by atoms with Crippen molar-refractivity contribution in [1.82, 2.24) is 0 Å². The van der Waals surface area contributed by atoms with Crippen molar-refractivity contribution in [3.05, 3.63) is 71.8 Å². The van der Waals surface area contributed by atoms with Crippen LogP contribution < -0.4 is 0 Å².